The third-order valence-corrected chi connectivity index (χ3v) is 4.61. The summed E-state index contributed by atoms with van der Waals surface area (Å²) in [5, 5.41) is 9.46. The van der Waals surface area contributed by atoms with Gasteiger partial charge < -0.3 is 14.4 Å². The van der Waals surface area contributed by atoms with Crippen LogP contribution in [0.5, 0.6) is 0 Å². The highest BCUT2D eigenvalue weighted by Crippen LogP contribution is 2.31. The second-order valence-electron chi connectivity index (χ2n) is 6.17. The molecule has 0 radical (unpaired) electrons. The number of nitrogens with zero attached hydrogens (tertiary/aromatic N) is 3. The highest BCUT2D eigenvalue weighted by Gasteiger charge is 2.20. The van der Waals surface area contributed by atoms with Gasteiger partial charge in [0.1, 0.15) is 5.65 Å². The molecule has 1 amide bonds. The summed E-state index contributed by atoms with van der Waals surface area (Å²) >= 11 is 0. The number of anilines is 1. The summed E-state index contributed by atoms with van der Waals surface area (Å²) in [6.45, 7) is 2.37. The molecule has 2 aromatic heterocycles. The van der Waals surface area contributed by atoms with E-state index in [2.05, 4.69) is 11.1 Å². The molecule has 24 heavy (non-hydrogen) atoms. The molecule has 0 fully saturated rings. The van der Waals surface area contributed by atoms with Gasteiger partial charge in [0, 0.05) is 42.7 Å². The molecule has 4 rings (SSSR count). The van der Waals surface area contributed by atoms with Crippen molar-refractivity contribution < 1.29 is 9.90 Å². The Morgan fingerprint density at radius 3 is 3.00 bits per heavy atom. The Hall–Kier alpha value is -2.66. The van der Waals surface area contributed by atoms with Crippen LogP contribution in [-0.2, 0) is 17.8 Å². The SMILES string of the molecule is CC(=O)N1CCCc2cc(-c3cn4cccc(CO)c4n3)ccc21. The van der Waals surface area contributed by atoms with Crippen molar-refractivity contribution in [3.63, 3.8) is 0 Å². The van der Waals surface area contributed by atoms with Gasteiger partial charge in [-0.05, 0) is 36.6 Å². The zero-order valence-electron chi connectivity index (χ0n) is 13.6. The minimum Gasteiger partial charge on any atom is -0.392 e. The lowest BCUT2D eigenvalue weighted by molar-refractivity contribution is -0.116. The van der Waals surface area contributed by atoms with Crippen molar-refractivity contribution in [2.75, 3.05) is 11.4 Å². The van der Waals surface area contributed by atoms with Crippen LogP contribution in [0.4, 0.5) is 5.69 Å². The number of rotatable bonds is 2. The van der Waals surface area contributed by atoms with Gasteiger partial charge in [0.05, 0.1) is 12.3 Å². The van der Waals surface area contributed by atoms with E-state index in [9.17, 15) is 9.90 Å². The number of hydrogen-bond acceptors (Lipinski definition) is 3. The molecule has 1 aliphatic heterocycles. The van der Waals surface area contributed by atoms with Gasteiger partial charge in [-0.2, -0.15) is 0 Å². The van der Waals surface area contributed by atoms with Gasteiger partial charge in [0.15, 0.2) is 0 Å². The third-order valence-electron chi connectivity index (χ3n) is 4.61. The first-order chi connectivity index (χ1) is 11.7. The van der Waals surface area contributed by atoms with E-state index in [0.717, 1.165) is 47.5 Å². The van der Waals surface area contributed by atoms with Gasteiger partial charge in [-0.25, -0.2) is 4.98 Å². The molecule has 0 unspecified atom stereocenters. The number of benzene rings is 1. The summed E-state index contributed by atoms with van der Waals surface area (Å²) in [6.07, 6.45) is 5.86. The van der Waals surface area contributed by atoms with Gasteiger partial charge in [0.2, 0.25) is 5.91 Å². The number of carbonyl (C=O) groups is 1. The van der Waals surface area contributed by atoms with Crippen molar-refractivity contribution in [2.45, 2.75) is 26.4 Å². The van der Waals surface area contributed by atoms with Crippen molar-refractivity contribution in [1.29, 1.82) is 0 Å². The van der Waals surface area contributed by atoms with Crippen molar-refractivity contribution in [3.05, 3.63) is 53.9 Å². The van der Waals surface area contributed by atoms with Crippen LogP contribution in [0.2, 0.25) is 0 Å². The van der Waals surface area contributed by atoms with Crippen LogP contribution in [0.25, 0.3) is 16.9 Å². The molecular weight excluding hydrogens is 302 g/mol. The van der Waals surface area contributed by atoms with E-state index in [-0.39, 0.29) is 12.5 Å². The van der Waals surface area contributed by atoms with Crippen LogP contribution in [0.15, 0.2) is 42.7 Å². The van der Waals surface area contributed by atoms with Crippen LogP contribution >= 0.6 is 0 Å². The number of aryl methyl sites for hydroxylation is 1. The van der Waals surface area contributed by atoms with Gasteiger partial charge in [-0.15, -0.1) is 0 Å². The van der Waals surface area contributed by atoms with Crippen LogP contribution < -0.4 is 4.90 Å². The molecule has 5 nitrogen and oxygen atoms in total. The smallest absolute Gasteiger partial charge is 0.223 e. The molecule has 0 atom stereocenters. The third kappa shape index (κ3) is 2.37. The van der Waals surface area contributed by atoms with Crippen LogP contribution in [0.3, 0.4) is 0 Å². The fraction of sp³-hybridized carbons (Fsp3) is 0.263. The maximum Gasteiger partial charge on any atom is 0.223 e. The molecule has 0 aliphatic carbocycles. The van der Waals surface area contributed by atoms with Crippen molar-refractivity contribution >= 4 is 17.2 Å². The Bertz CT molecular complexity index is 930. The van der Waals surface area contributed by atoms with E-state index in [4.69, 9.17) is 0 Å². The quantitative estimate of drug-likeness (QED) is 0.789. The first-order valence-electron chi connectivity index (χ1n) is 8.16. The molecule has 0 saturated carbocycles. The van der Waals surface area contributed by atoms with Crippen molar-refractivity contribution in [3.8, 4) is 11.3 Å². The molecule has 1 aliphatic rings. The predicted molar refractivity (Wildman–Crippen MR) is 92.9 cm³/mol. The molecule has 1 aromatic carbocycles. The predicted octanol–water partition coefficient (Wildman–Crippen LogP) is 2.79. The summed E-state index contributed by atoms with van der Waals surface area (Å²) in [7, 11) is 0. The second-order valence-corrected chi connectivity index (χ2v) is 6.17. The molecule has 122 valence electrons. The minimum atomic E-state index is -0.0292. The Kier molecular flexibility index (Phi) is 3.58. The maximum atomic E-state index is 11.8. The largest absolute Gasteiger partial charge is 0.392 e. The Morgan fingerprint density at radius 2 is 2.21 bits per heavy atom. The molecule has 5 heteroatoms. The molecule has 0 spiro atoms. The first-order valence-corrected chi connectivity index (χ1v) is 8.16. The lowest BCUT2D eigenvalue weighted by Crippen LogP contribution is -2.33. The van der Waals surface area contributed by atoms with E-state index in [0.29, 0.717) is 0 Å². The number of amides is 1. The fourth-order valence-corrected chi connectivity index (χ4v) is 3.42. The Morgan fingerprint density at radius 1 is 1.33 bits per heavy atom. The number of imidazole rings is 1. The minimum absolute atomic E-state index is 0.0292. The summed E-state index contributed by atoms with van der Waals surface area (Å²) < 4.78 is 1.93. The second kappa shape index (κ2) is 5.76. The van der Waals surface area contributed by atoms with Crippen LogP contribution in [0.1, 0.15) is 24.5 Å². The highest BCUT2D eigenvalue weighted by molar-refractivity contribution is 5.93. The van der Waals surface area contributed by atoms with Gasteiger partial charge in [-0.3, -0.25) is 4.79 Å². The highest BCUT2D eigenvalue weighted by atomic mass is 16.3. The molecule has 1 N–H and O–H groups in total. The lowest BCUT2D eigenvalue weighted by atomic mass is 9.98. The number of pyridine rings is 1. The number of hydrogen-bond donors (Lipinski definition) is 1. The van der Waals surface area contributed by atoms with E-state index in [1.54, 1.807) is 6.92 Å². The number of fused-ring (bicyclic) bond motifs is 2. The van der Waals surface area contributed by atoms with Gasteiger partial charge in [0.25, 0.3) is 0 Å². The zero-order chi connectivity index (χ0) is 16.7. The van der Waals surface area contributed by atoms with E-state index in [1.165, 1.54) is 5.56 Å². The van der Waals surface area contributed by atoms with Gasteiger partial charge in [-0.1, -0.05) is 12.1 Å². The summed E-state index contributed by atoms with van der Waals surface area (Å²) in [6, 6.07) is 9.94. The maximum absolute atomic E-state index is 11.8. The summed E-state index contributed by atoms with van der Waals surface area (Å²) in [4.78, 5) is 18.3. The lowest BCUT2D eigenvalue weighted by Gasteiger charge is -2.28. The summed E-state index contributed by atoms with van der Waals surface area (Å²) in [5.74, 6) is 0.0871. The van der Waals surface area contributed by atoms with Gasteiger partial charge >= 0.3 is 0 Å². The van der Waals surface area contributed by atoms with Crippen molar-refractivity contribution in [1.82, 2.24) is 9.38 Å². The average molecular weight is 321 g/mol. The Labute approximate surface area is 140 Å². The van der Waals surface area contributed by atoms with Crippen LogP contribution in [-0.4, -0.2) is 26.9 Å². The summed E-state index contributed by atoms with van der Waals surface area (Å²) in [5.41, 5.74) is 5.69. The molecular formula is C19H19N3O2. The average Bonchev–Trinajstić information content (AvgIpc) is 3.04. The fourth-order valence-electron chi connectivity index (χ4n) is 3.42. The number of aliphatic hydroxyl groups excluding tert-OH is 1. The van der Waals surface area contributed by atoms with E-state index < -0.39 is 0 Å². The van der Waals surface area contributed by atoms with Crippen LogP contribution in [0, 0.1) is 0 Å². The zero-order valence-corrected chi connectivity index (χ0v) is 13.6. The normalized spacial score (nSPS) is 14.0. The molecule has 0 bridgehead atoms. The topological polar surface area (TPSA) is 57.8 Å². The molecule has 3 heterocycles. The standard InChI is InChI=1S/C19H19N3O2/c1-13(24)22-9-3-4-15-10-14(6-7-18(15)22)17-11-21-8-2-5-16(12-23)19(21)20-17/h2,5-8,10-11,23H,3-4,9,12H2,1H3. The first kappa shape index (κ1) is 14.9. The number of aliphatic hydroxyl groups is 1. The number of carbonyl (C=O) groups excluding carboxylic acids is 1. The molecule has 0 saturated heterocycles. The number of aromatic nitrogens is 2. The monoisotopic (exact) mass is 321 g/mol. The molecule has 3 aromatic rings. The van der Waals surface area contributed by atoms with E-state index >= 15 is 0 Å². The van der Waals surface area contributed by atoms with Crippen molar-refractivity contribution in [2.24, 2.45) is 0 Å². The Balaban J connectivity index is 1.79. The van der Waals surface area contributed by atoms with E-state index in [1.807, 2.05) is 46.0 Å².